The van der Waals surface area contributed by atoms with Gasteiger partial charge < -0.3 is 25.0 Å². The summed E-state index contributed by atoms with van der Waals surface area (Å²) in [4.78, 5) is 24.8. The zero-order chi connectivity index (χ0) is 18.0. The van der Waals surface area contributed by atoms with Crippen LogP contribution in [0.15, 0.2) is 30.0 Å². The van der Waals surface area contributed by atoms with E-state index in [9.17, 15) is 24.9 Å². The first-order valence-corrected chi connectivity index (χ1v) is 8.11. The smallest absolute Gasteiger partial charge is 0.543 e. The SMILES string of the molecule is CC.CC(O)C1C(=O)N2C(C(=O)[O-])=C(c3cccc(CO)c3)CC12.[Na+]. The van der Waals surface area contributed by atoms with Gasteiger partial charge >= 0.3 is 29.6 Å². The number of amides is 1. The molecule has 2 aliphatic heterocycles. The minimum absolute atomic E-state index is 0. The summed E-state index contributed by atoms with van der Waals surface area (Å²) in [6.45, 7) is 5.38. The fourth-order valence-electron chi connectivity index (χ4n) is 3.37. The van der Waals surface area contributed by atoms with E-state index in [1.54, 1.807) is 24.3 Å². The van der Waals surface area contributed by atoms with Crippen molar-refractivity contribution in [3.05, 3.63) is 41.1 Å². The van der Waals surface area contributed by atoms with Gasteiger partial charge in [0.2, 0.25) is 5.91 Å². The summed E-state index contributed by atoms with van der Waals surface area (Å²) in [5.74, 6) is -2.36. The molecule has 1 aromatic carbocycles. The molecule has 3 unspecified atom stereocenters. The van der Waals surface area contributed by atoms with E-state index in [1.807, 2.05) is 13.8 Å². The van der Waals surface area contributed by atoms with Crippen LogP contribution < -0.4 is 34.7 Å². The van der Waals surface area contributed by atoms with Crippen molar-refractivity contribution < 1.29 is 54.5 Å². The number of rotatable bonds is 4. The molecule has 2 aliphatic rings. The Kier molecular flexibility index (Phi) is 7.84. The molecular weight excluding hydrogens is 333 g/mol. The van der Waals surface area contributed by atoms with Gasteiger partial charge in [0.05, 0.1) is 36.3 Å². The average Bonchev–Trinajstić information content (AvgIpc) is 2.91. The summed E-state index contributed by atoms with van der Waals surface area (Å²) in [6, 6.07) is 6.56. The molecule has 0 bridgehead atoms. The van der Waals surface area contributed by atoms with Gasteiger partial charge in [0.15, 0.2) is 0 Å². The summed E-state index contributed by atoms with van der Waals surface area (Å²) < 4.78 is 0. The average molecular weight is 355 g/mol. The Bertz CT molecular complexity index is 686. The maximum atomic E-state index is 12.1. The van der Waals surface area contributed by atoms with Crippen molar-refractivity contribution in [2.24, 2.45) is 5.92 Å². The molecule has 1 aromatic rings. The van der Waals surface area contributed by atoms with Gasteiger partial charge in [-0.2, -0.15) is 0 Å². The van der Waals surface area contributed by atoms with Crippen LogP contribution in [0, 0.1) is 5.92 Å². The maximum absolute atomic E-state index is 12.1. The summed E-state index contributed by atoms with van der Waals surface area (Å²) in [6.07, 6.45) is -0.459. The van der Waals surface area contributed by atoms with Crippen LogP contribution in [0.1, 0.15) is 38.3 Å². The standard InChI is InChI=1S/C16H17NO5.C2H6.Na/c1-8(19)13-12-6-11(10-4-2-3-9(5-10)7-18)14(16(21)22)17(12)15(13)20;1-2;/h2-5,8,12-13,18-19H,6-7H2,1H3,(H,21,22);1-2H3;/q;;+1/p-1. The second-order valence-corrected chi connectivity index (χ2v) is 5.72. The molecule has 0 aliphatic carbocycles. The van der Waals surface area contributed by atoms with Crippen molar-refractivity contribution in [2.45, 2.75) is 45.9 Å². The second-order valence-electron chi connectivity index (χ2n) is 5.72. The number of aliphatic hydroxyl groups is 2. The van der Waals surface area contributed by atoms with Gasteiger partial charge in [-0.25, -0.2) is 0 Å². The van der Waals surface area contributed by atoms with Gasteiger partial charge in [0.1, 0.15) is 0 Å². The Balaban J connectivity index is 0.00000101. The zero-order valence-electron chi connectivity index (χ0n) is 15.0. The summed E-state index contributed by atoms with van der Waals surface area (Å²) in [7, 11) is 0. The van der Waals surface area contributed by atoms with E-state index in [2.05, 4.69) is 0 Å². The van der Waals surface area contributed by atoms with Crippen molar-refractivity contribution >= 4 is 17.4 Å². The topological polar surface area (TPSA) is 101 Å². The predicted molar refractivity (Wildman–Crippen MR) is 86.1 cm³/mol. The fraction of sp³-hybridized carbons (Fsp3) is 0.444. The molecule has 2 N–H and O–H groups in total. The van der Waals surface area contributed by atoms with E-state index >= 15 is 0 Å². The van der Waals surface area contributed by atoms with Crippen molar-refractivity contribution in [2.75, 3.05) is 0 Å². The number of hydrogen-bond acceptors (Lipinski definition) is 5. The number of aliphatic carboxylic acids is 1. The first kappa shape index (κ1) is 21.9. The van der Waals surface area contributed by atoms with Crippen molar-refractivity contribution in [3.63, 3.8) is 0 Å². The number of fused-ring (bicyclic) bond motifs is 1. The third-order valence-electron chi connectivity index (χ3n) is 4.38. The summed E-state index contributed by atoms with van der Waals surface area (Å²) in [5, 5.41) is 30.4. The second kappa shape index (κ2) is 8.96. The molecule has 0 saturated carbocycles. The number of carbonyl (C=O) groups excluding carboxylic acids is 2. The van der Waals surface area contributed by atoms with Crippen LogP contribution in [0.25, 0.3) is 5.57 Å². The minimum atomic E-state index is -1.40. The van der Waals surface area contributed by atoms with Crippen LogP contribution in [0.3, 0.4) is 0 Å². The number of β-lactam (4-membered cyclic amide) rings is 1. The molecule has 0 spiro atoms. The summed E-state index contributed by atoms with van der Waals surface area (Å²) >= 11 is 0. The molecular formula is C18H22NNaO5. The number of carbonyl (C=O) groups is 2. The number of carboxylic acids is 1. The van der Waals surface area contributed by atoms with Gasteiger partial charge in [-0.05, 0) is 36.1 Å². The van der Waals surface area contributed by atoms with Gasteiger partial charge in [-0.3, -0.25) is 4.79 Å². The van der Waals surface area contributed by atoms with Crippen LogP contribution in [0.2, 0.25) is 0 Å². The number of hydrogen-bond donors (Lipinski definition) is 2. The Morgan fingerprint density at radius 3 is 2.56 bits per heavy atom. The fourth-order valence-corrected chi connectivity index (χ4v) is 3.37. The Labute approximate surface area is 169 Å². The largest absolute Gasteiger partial charge is 1.00 e. The monoisotopic (exact) mass is 355 g/mol. The molecule has 1 fully saturated rings. The van der Waals surface area contributed by atoms with Crippen molar-refractivity contribution in [1.82, 2.24) is 4.90 Å². The third-order valence-corrected chi connectivity index (χ3v) is 4.38. The first-order chi connectivity index (χ1) is 11.5. The van der Waals surface area contributed by atoms with Crippen LogP contribution in [-0.2, 0) is 16.2 Å². The van der Waals surface area contributed by atoms with Gasteiger partial charge in [-0.1, -0.05) is 32.0 Å². The molecule has 130 valence electrons. The molecule has 2 heterocycles. The van der Waals surface area contributed by atoms with Crippen molar-refractivity contribution in [3.8, 4) is 0 Å². The molecule has 7 heteroatoms. The molecule has 3 atom stereocenters. The molecule has 0 radical (unpaired) electrons. The van der Waals surface area contributed by atoms with Crippen molar-refractivity contribution in [1.29, 1.82) is 0 Å². The molecule has 1 saturated heterocycles. The van der Waals surface area contributed by atoms with E-state index < -0.39 is 18.0 Å². The Morgan fingerprint density at radius 2 is 2.04 bits per heavy atom. The third kappa shape index (κ3) is 3.83. The number of carboxylic acid groups (broad SMARTS) is 1. The normalized spacial score (nSPS) is 22.3. The van der Waals surface area contributed by atoms with Crippen LogP contribution in [0.4, 0.5) is 0 Å². The molecule has 1 amide bonds. The quantitative estimate of drug-likeness (QED) is 0.452. The molecule has 6 nitrogen and oxygen atoms in total. The van der Waals surface area contributed by atoms with E-state index in [1.165, 1.54) is 11.8 Å². The van der Waals surface area contributed by atoms with E-state index in [0.29, 0.717) is 23.1 Å². The van der Waals surface area contributed by atoms with Crippen LogP contribution >= 0.6 is 0 Å². The van der Waals surface area contributed by atoms with Crippen LogP contribution in [-0.4, -0.2) is 39.1 Å². The van der Waals surface area contributed by atoms with Gasteiger partial charge in [0, 0.05) is 0 Å². The first-order valence-electron chi connectivity index (χ1n) is 8.11. The number of aliphatic hydroxyl groups excluding tert-OH is 2. The summed E-state index contributed by atoms with van der Waals surface area (Å²) in [5.41, 5.74) is 1.70. The molecule has 25 heavy (non-hydrogen) atoms. The zero-order valence-corrected chi connectivity index (χ0v) is 17.0. The molecule has 0 aromatic heterocycles. The van der Waals surface area contributed by atoms with E-state index in [4.69, 9.17) is 0 Å². The number of nitrogens with zero attached hydrogens (tertiary/aromatic N) is 1. The predicted octanol–water partition coefficient (Wildman–Crippen LogP) is -2.72. The maximum Gasteiger partial charge on any atom is 1.00 e. The number of benzene rings is 1. The van der Waals surface area contributed by atoms with E-state index in [-0.39, 0.29) is 53.8 Å². The van der Waals surface area contributed by atoms with Gasteiger partial charge in [-0.15, -0.1) is 0 Å². The van der Waals surface area contributed by atoms with E-state index in [0.717, 1.165) is 0 Å². The van der Waals surface area contributed by atoms with Gasteiger partial charge in [0.25, 0.3) is 0 Å². The Morgan fingerprint density at radius 1 is 1.40 bits per heavy atom. The minimum Gasteiger partial charge on any atom is -0.543 e. The van der Waals surface area contributed by atoms with Crippen LogP contribution in [0.5, 0.6) is 0 Å². The Hall–Kier alpha value is -1.18. The molecule has 3 rings (SSSR count).